The highest BCUT2D eigenvalue weighted by atomic mass is 16.5. The van der Waals surface area contributed by atoms with Gasteiger partial charge in [0, 0.05) is 31.9 Å². The standard InChI is InChI=1S/C20H28N4O2/c1-3-12-26-19-13-16(8-9-18(19)25-2)14-21-17-6-5-11-24(15-17)20-7-4-10-22-23-20/h4,7-10,13,17,21H,3,5-6,11-12,14-15H2,1-2H3. The van der Waals surface area contributed by atoms with Crippen LogP contribution in [0.25, 0.3) is 0 Å². The Hall–Kier alpha value is -2.34. The molecule has 3 rings (SSSR count). The first-order valence-electron chi connectivity index (χ1n) is 9.36. The van der Waals surface area contributed by atoms with E-state index in [0.717, 1.165) is 49.8 Å². The second-order valence-electron chi connectivity index (χ2n) is 6.58. The van der Waals surface area contributed by atoms with E-state index >= 15 is 0 Å². The number of hydrogen-bond donors (Lipinski definition) is 1. The fourth-order valence-corrected chi connectivity index (χ4v) is 3.23. The van der Waals surface area contributed by atoms with Crippen molar-refractivity contribution in [3.63, 3.8) is 0 Å². The van der Waals surface area contributed by atoms with E-state index in [1.165, 1.54) is 12.0 Å². The molecule has 0 aliphatic carbocycles. The van der Waals surface area contributed by atoms with E-state index < -0.39 is 0 Å². The van der Waals surface area contributed by atoms with Crippen LogP contribution < -0.4 is 19.7 Å². The summed E-state index contributed by atoms with van der Waals surface area (Å²) in [5.74, 6) is 2.56. The monoisotopic (exact) mass is 356 g/mol. The molecule has 0 saturated carbocycles. The van der Waals surface area contributed by atoms with Gasteiger partial charge in [0.2, 0.25) is 0 Å². The summed E-state index contributed by atoms with van der Waals surface area (Å²) in [5.41, 5.74) is 1.20. The number of nitrogens with zero attached hydrogens (tertiary/aromatic N) is 3. The Labute approximate surface area is 155 Å². The van der Waals surface area contributed by atoms with Gasteiger partial charge in [0.1, 0.15) is 0 Å². The van der Waals surface area contributed by atoms with Crippen LogP contribution in [0.2, 0.25) is 0 Å². The molecule has 1 unspecified atom stereocenters. The van der Waals surface area contributed by atoms with Gasteiger partial charge in [-0.3, -0.25) is 0 Å². The predicted molar refractivity (Wildman–Crippen MR) is 103 cm³/mol. The van der Waals surface area contributed by atoms with Crippen molar-refractivity contribution >= 4 is 5.82 Å². The molecule has 2 heterocycles. The predicted octanol–water partition coefficient (Wildman–Crippen LogP) is 3.03. The number of hydrogen-bond acceptors (Lipinski definition) is 6. The quantitative estimate of drug-likeness (QED) is 0.784. The molecular formula is C20H28N4O2. The Morgan fingerprint density at radius 1 is 1.27 bits per heavy atom. The Morgan fingerprint density at radius 3 is 2.96 bits per heavy atom. The van der Waals surface area contributed by atoms with Gasteiger partial charge in [-0.1, -0.05) is 13.0 Å². The topological polar surface area (TPSA) is 59.5 Å². The van der Waals surface area contributed by atoms with Crippen LogP contribution in [-0.4, -0.2) is 43.0 Å². The second kappa shape index (κ2) is 9.38. The summed E-state index contributed by atoms with van der Waals surface area (Å²) in [5, 5.41) is 11.9. The van der Waals surface area contributed by atoms with E-state index in [2.05, 4.69) is 39.5 Å². The minimum atomic E-state index is 0.438. The van der Waals surface area contributed by atoms with Gasteiger partial charge >= 0.3 is 0 Å². The third kappa shape index (κ3) is 4.85. The van der Waals surface area contributed by atoms with Gasteiger partial charge in [-0.15, -0.1) is 5.10 Å². The van der Waals surface area contributed by atoms with Crippen molar-refractivity contribution in [2.75, 3.05) is 31.7 Å². The number of methoxy groups -OCH3 is 1. The largest absolute Gasteiger partial charge is 0.493 e. The average Bonchev–Trinajstić information content (AvgIpc) is 2.71. The zero-order chi connectivity index (χ0) is 18.2. The van der Waals surface area contributed by atoms with E-state index in [-0.39, 0.29) is 0 Å². The summed E-state index contributed by atoms with van der Waals surface area (Å²) in [6.45, 7) is 5.60. The SMILES string of the molecule is CCCOc1cc(CNC2CCCN(c3cccnn3)C2)ccc1OC. The van der Waals surface area contributed by atoms with Crippen molar-refractivity contribution in [3.05, 3.63) is 42.1 Å². The molecule has 2 aromatic rings. The molecule has 0 amide bonds. The maximum atomic E-state index is 5.81. The average molecular weight is 356 g/mol. The van der Waals surface area contributed by atoms with E-state index in [4.69, 9.17) is 9.47 Å². The van der Waals surface area contributed by atoms with Crippen LogP contribution in [0.1, 0.15) is 31.7 Å². The summed E-state index contributed by atoms with van der Waals surface area (Å²) in [4.78, 5) is 2.30. The number of nitrogens with one attached hydrogen (secondary N) is 1. The zero-order valence-corrected chi connectivity index (χ0v) is 15.6. The van der Waals surface area contributed by atoms with Crippen molar-refractivity contribution < 1.29 is 9.47 Å². The maximum Gasteiger partial charge on any atom is 0.161 e. The Kier molecular flexibility index (Phi) is 6.66. The lowest BCUT2D eigenvalue weighted by atomic mass is 10.1. The van der Waals surface area contributed by atoms with Gasteiger partial charge in [-0.05, 0) is 49.1 Å². The lowest BCUT2D eigenvalue weighted by molar-refractivity contribution is 0.294. The summed E-state index contributed by atoms with van der Waals surface area (Å²) >= 11 is 0. The molecule has 0 bridgehead atoms. The van der Waals surface area contributed by atoms with E-state index in [0.29, 0.717) is 12.6 Å². The maximum absolute atomic E-state index is 5.81. The second-order valence-corrected chi connectivity index (χ2v) is 6.58. The number of ether oxygens (including phenoxy) is 2. The highest BCUT2D eigenvalue weighted by Crippen LogP contribution is 2.28. The number of aromatic nitrogens is 2. The smallest absolute Gasteiger partial charge is 0.161 e. The third-order valence-corrected chi connectivity index (χ3v) is 4.59. The zero-order valence-electron chi connectivity index (χ0n) is 15.6. The first kappa shape index (κ1) is 18.5. The number of piperidine rings is 1. The number of rotatable bonds is 8. The molecule has 1 fully saturated rings. The van der Waals surface area contributed by atoms with Crippen LogP contribution in [0.5, 0.6) is 11.5 Å². The molecular weight excluding hydrogens is 328 g/mol. The van der Waals surface area contributed by atoms with Crippen molar-refractivity contribution in [1.29, 1.82) is 0 Å². The molecule has 0 spiro atoms. The molecule has 1 atom stereocenters. The lowest BCUT2D eigenvalue weighted by Crippen LogP contribution is -2.45. The molecule has 26 heavy (non-hydrogen) atoms. The fraction of sp³-hybridized carbons (Fsp3) is 0.500. The van der Waals surface area contributed by atoms with Crippen LogP contribution in [0, 0.1) is 0 Å². The molecule has 6 nitrogen and oxygen atoms in total. The Morgan fingerprint density at radius 2 is 2.19 bits per heavy atom. The molecule has 1 N–H and O–H groups in total. The first-order chi connectivity index (χ1) is 12.8. The van der Waals surface area contributed by atoms with Gasteiger partial charge in [-0.25, -0.2) is 0 Å². The van der Waals surface area contributed by atoms with Gasteiger partial charge in [0.15, 0.2) is 17.3 Å². The molecule has 0 radical (unpaired) electrons. The molecule has 140 valence electrons. The summed E-state index contributed by atoms with van der Waals surface area (Å²) in [7, 11) is 1.68. The van der Waals surface area contributed by atoms with Crippen molar-refractivity contribution in [3.8, 4) is 11.5 Å². The highest BCUT2D eigenvalue weighted by molar-refractivity contribution is 5.43. The third-order valence-electron chi connectivity index (χ3n) is 4.59. The van der Waals surface area contributed by atoms with Crippen LogP contribution in [0.15, 0.2) is 36.5 Å². The van der Waals surface area contributed by atoms with Crippen LogP contribution in [-0.2, 0) is 6.54 Å². The van der Waals surface area contributed by atoms with Crippen LogP contribution in [0.4, 0.5) is 5.82 Å². The molecule has 1 aromatic carbocycles. The Bertz CT molecular complexity index is 681. The van der Waals surface area contributed by atoms with Gasteiger partial charge in [-0.2, -0.15) is 5.10 Å². The lowest BCUT2D eigenvalue weighted by Gasteiger charge is -2.33. The summed E-state index contributed by atoms with van der Waals surface area (Å²) < 4.78 is 11.2. The van der Waals surface area contributed by atoms with Gasteiger partial charge < -0.3 is 19.7 Å². The molecule has 1 aliphatic rings. The van der Waals surface area contributed by atoms with Crippen molar-refractivity contribution in [2.24, 2.45) is 0 Å². The van der Waals surface area contributed by atoms with Crippen LogP contribution >= 0.6 is 0 Å². The Balaban J connectivity index is 1.58. The van der Waals surface area contributed by atoms with Crippen molar-refractivity contribution in [1.82, 2.24) is 15.5 Å². The summed E-state index contributed by atoms with van der Waals surface area (Å²) in [6.07, 6.45) is 5.02. The molecule has 1 aromatic heterocycles. The molecule has 1 saturated heterocycles. The first-order valence-corrected chi connectivity index (χ1v) is 9.36. The normalized spacial score (nSPS) is 17.2. The minimum absolute atomic E-state index is 0.438. The molecule has 1 aliphatic heterocycles. The minimum Gasteiger partial charge on any atom is -0.493 e. The number of anilines is 1. The highest BCUT2D eigenvalue weighted by Gasteiger charge is 2.20. The van der Waals surface area contributed by atoms with E-state index in [9.17, 15) is 0 Å². The van der Waals surface area contributed by atoms with Crippen molar-refractivity contribution in [2.45, 2.75) is 38.8 Å². The molecule has 6 heteroatoms. The summed E-state index contributed by atoms with van der Waals surface area (Å²) in [6, 6.07) is 10.5. The fourth-order valence-electron chi connectivity index (χ4n) is 3.23. The van der Waals surface area contributed by atoms with Gasteiger partial charge in [0.05, 0.1) is 13.7 Å². The van der Waals surface area contributed by atoms with Crippen LogP contribution in [0.3, 0.4) is 0 Å². The van der Waals surface area contributed by atoms with E-state index in [1.807, 2.05) is 18.2 Å². The van der Waals surface area contributed by atoms with Gasteiger partial charge in [0.25, 0.3) is 0 Å². The number of benzene rings is 1. The van der Waals surface area contributed by atoms with E-state index in [1.54, 1.807) is 13.3 Å².